The predicted octanol–water partition coefficient (Wildman–Crippen LogP) is 1.30. The van der Waals surface area contributed by atoms with Gasteiger partial charge in [-0.25, -0.2) is 4.79 Å². The second-order valence-electron chi connectivity index (χ2n) is 2.36. The van der Waals surface area contributed by atoms with Crippen molar-refractivity contribution in [2.24, 2.45) is 4.99 Å². The topological polar surface area (TPSA) is 38.7 Å². The third kappa shape index (κ3) is 1.90. The Kier molecular flexibility index (Phi) is 2.41. The average Bonchev–Trinajstić information content (AvgIpc) is 2.36. The molecule has 60 valence electrons. The Morgan fingerprint density at radius 3 is 3.00 bits per heavy atom. The first-order valence-corrected chi connectivity index (χ1v) is 3.65. The number of nitrogens with zero attached hydrogens (tertiary/aromatic N) is 1. The molecule has 1 aliphatic rings. The van der Waals surface area contributed by atoms with Gasteiger partial charge in [0.05, 0.1) is 6.61 Å². The van der Waals surface area contributed by atoms with Crippen molar-refractivity contribution < 1.29 is 9.53 Å². The molecule has 0 amide bonds. The maximum absolute atomic E-state index is 11.0. The third-order valence-corrected chi connectivity index (χ3v) is 1.39. The van der Waals surface area contributed by atoms with Crippen molar-refractivity contribution in [2.45, 2.75) is 20.3 Å². The summed E-state index contributed by atoms with van der Waals surface area (Å²) in [5, 5.41) is 0. The van der Waals surface area contributed by atoms with Crippen LogP contribution in [0.3, 0.4) is 0 Å². The van der Waals surface area contributed by atoms with Gasteiger partial charge in [0, 0.05) is 12.1 Å². The van der Waals surface area contributed by atoms with E-state index in [1.165, 1.54) is 0 Å². The van der Waals surface area contributed by atoms with Gasteiger partial charge in [0.15, 0.2) is 0 Å². The molecule has 11 heavy (non-hydrogen) atoms. The van der Waals surface area contributed by atoms with E-state index in [1.807, 2.05) is 6.92 Å². The lowest BCUT2D eigenvalue weighted by molar-refractivity contribution is -0.138. The fraction of sp³-hybridized carbons (Fsp3) is 0.500. The van der Waals surface area contributed by atoms with Gasteiger partial charge in [-0.15, -0.1) is 0 Å². The smallest absolute Gasteiger partial charge is 0.356 e. The molecule has 0 spiro atoms. The molecule has 0 bridgehead atoms. The summed E-state index contributed by atoms with van der Waals surface area (Å²) in [4.78, 5) is 15.0. The normalized spacial score (nSPS) is 15.8. The average molecular weight is 153 g/mol. The number of carbonyl (C=O) groups excluding carboxylic acids is 1. The minimum atomic E-state index is -0.315. The molecule has 0 saturated heterocycles. The zero-order valence-electron chi connectivity index (χ0n) is 6.76. The van der Waals surface area contributed by atoms with Crippen molar-refractivity contribution in [3.05, 3.63) is 11.8 Å². The summed E-state index contributed by atoms with van der Waals surface area (Å²) in [7, 11) is 0. The van der Waals surface area contributed by atoms with E-state index in [0.29, 0.717) is 12.3 Å². The van der Waals surface area contributed by atoms with Crippen LogP contribution in [0.1, 0.15) is 20.3 Å². The number of esters is 1. The first kappa shape index (κ1) is 7.98. The van der Waals surface area contributed by atoms with Gasteiger partial charge < -0.3 is 4.74 Å². The van der Waals surface area contributed by atoms with E-state index in [0.717, 1.165) is 12.1 Å². The molecule has 1 heterocycles. The third-order valence-electron chi connectivity index (χ3n) is 1.39. The van der Waals surface area contributed by atoms with E-state index in [4.69, 9.17) is 4.74 Å². The lowest BCUT2D eigenvalue weighted by Crippen LogP contribution is -2.04. The molecule has 3 heteroatoms. The van der Waals surface area contributed by atoms with Crippen molar-refractivity contribution in [1.29, 1.82) is 0 Å². The molecule has 0 aromatic rings. The van der Waals surface area contributed by atoms with Crippen LogP contribution in [0.15, 0.2) is 16.8 Å². The molecular weight excluding hydrogens is 142 g/mol. The second kappa shape index (κ2) is 3.32. The van der Waals surface area contributed by atoms with Crippen LogP contribution in [0, 0.1) is 0 Å². The SMILES string of the molecule is CCOC(=O)C1=CCC(C)=N1. The van der Waals surface area contributed by atoms with E-state index in [2.05, 4.69) is 4.99 Å². The first-order chi connectivity index (χ1) is 5.24. The highest BCUT2D eigenvalue weighted by Gasteiger charge is 2.13. The molecule has 0 aromatic heterocycles. The number of carbonyl (C=O) groups is 1. The highest BCUT2D eigenvalue weighted by atomic mass is 16.5. The van der Waals surface area contributed by atoms with Crippen LogP contribution >= 0.6 is 0 Å². The van der Waals surface area contributed by atoms with E-state index in [-0.39, 0.29) is 5.97 Å². The standard InChI is InChI=1S/C8H11NO2/c1-3-11-8(10)7-5-4-6(2)9-7/h5H,3-4H2,1-2H3. The Balaban J connectivity index is 2.56. The largest absolute Gasteiger partial charge is 0.461 e. The van der Waals surface area contributed by atoms with Crippen LogP contribution in [0.2, 0.25) is 0 Å². The van der Waals surface area contributed by atoms with Crippen molar-refractivity contribution in [1.82, 2.24) is 0 Å². The van der Waals surface area contributed by atoms with Crippen molar-refractivity contribution in [2.75, 3.05) is 6.61 Å². The van der Waals surface area contributed by atoms with Crippen LogP contribution in [0.5, 0.6) is 0 Å². The van der Waals surface area contributed by atoms with Crippen LogP contribution in [0.25, 0.3) is 0 Å². The number of aliphatic imine (C=N–C) groups is 1. The van der Waals surface area contributed by atoms with E-state index in [9.17, 15) is 4.79 Å². The predicted molar refractivity (Wildman–Crippen MR) is 42.4 cm³/mol. The zero-order valence-corrected chi connectivity index (χ0v) is 6.76. The highest BCUT2D eigenvalue weighted by molar-refractivity contribution is 5.97. The minimum Gasteiger partial charge on any atom is -0.461 e. The van der Waals surface area contributed by atoms with Gasteiger partial charge in [0.2, 0.25) is 0 Å². The molecule has 0 radical (unpaired) electrons. The number of allylic oxidation sites excluding steroid dienone is 1. The fourth-order valence-electron chi connectivity index (χ4n) is 0.875. The van der Waals surface area contributed by atoms with Gasteiger partial charge in [0.1, 0.15) is 5.70 Å². The molecule has 0 unspecified atom stereocenters. The highest BCUT2D eigenvalue weighted by Crippen LogP contribution is 2.11. The quantitative estimate of drug-likeness (QED) is 0.561. The Morgan fingerprint density at radius 1 is 1.82 bits per heavy atom. The summed E-state index contributed by atoms with van der Waals surface area (Å²) in [6, 6.07) is 0. The van der Waals surface area contributed by atoms with Crippen LogP contribution in [-0.4, -0.2) is 18.3 Å². The molecule has 0 N–H and O–H groups in total. The van der Waals surface area contributed by atoms with Crippen molar-refractivity contribution in [3.8, 4) is 0 Å². The van der Waals surface area contributed by atoms with Crippen molar-refractivity contribution >= 4 is 11.7 Å². The number of hydrogen-bond acceptors (Lipinski definition) is 3. The first-order valence-electron chi connectivity index (χ1n) is 3.65. The van der Waals surface area contributed by atoms with Gasteiger partial charge in [-0.2, -0.15) is 0 Å². The molecule has 3 nitrogen and oxygen atoms in total. The molecule has 0 aliphatic carbocycles. The molecule has 1 rings (SSSR count). The van der Waals surface area contributed by atoms with E-state index in [1.54, 1.807) is 13.0 Å². The molecule has 0 aromatic carbocycles. The molecule has 0 atom stereocenters. The number of ether oxygens (including phenoxy) is 1. The lowest BCUT2D eigenvalue weighted by Gasteiger charge is -1.97. The van der Waals surface area contributed by atoms with Crippen LogP contribution in [0.4, 0.5) is 0 Å². The summed E-state index contributed by atoms with van der Waals surface area (Å²) in [5.41, 5.74) is 1.41. The van der Waals surface area contributed by atoms with Gasteiger partial charge in [0.25, 0.3) is 0 Å². The minimum absolute atomic E-state index is 0.315. The maximum atomic E-state index is 11.0. The summed E-state index contributed by atoms with van der Waals surface area (Å²) >= 11 is 0. The lowest BCUT2D eigenvalue weighted by atomic mass is 10.3. The Bertz CT molecular complexity index is 228. The summed E-state index contributed by atoms with van der Waals surface area (Å²) in [6.45, 7) is 4.08. The maximum Gasteiger partial charge on any atom is 0.356 e. The molecule has 0 saturated carbocycles. The molecular formula is C8H11NO2. The summed E-state index contributed by atoms with van der Waals surface area (Å²) in [5.74, 6) is -0.315. The Hall–Kier alpha value is -1.12. The Labute approximate surface area is 65.8 Å². The van der Waals surface area contributed by atoms with Gasteiger partial charge >= 0.3 is 5.97 Å². The van der Waals surface area contributed by atoms with E-state index >= 15 is 0 Å². The van der Waals surface area contributed by atoms with Gasteiger partial charge in [-0.1, -0.05) is 0 Å². The zero-order chi connectivity index (χ0) is 8.27. The summed E-state index contributed by atoms with van der Waals surface area (Å²) < 4.78 is 4.76. The van der Waals surface area contributed by atoms with Gasteiger partial charge in [-0.05, 0) is 19.9 Å². The Morgan fingerprint density at radius 2 is 2.55 bits per heavy atom. The second-order valence-corrected chi connectivity index (χ2v) is 2.36. The number of rotatable bonds is 2. The van der Waals surface area contributed by atoms with Crippen molar-refractivity contribution in [3.63, 3.8) is 0 Å². The fourth-order valence-corrected chi connectivity index (χ4v) is 0.875. The van der Waals surface area contributed by atoms with Crippen LogP contribution < -0.4 is 0 Å². The van der Waals surface area contributed by atoms with Crippen LogP contribution in [-0.2, 0) is 9.53 Å². The monoisotopic (exact) mass is 153 g/mol. The summed E-state index contributed by atoms with van der Waals surface area (Å²) in [6.07, 6.45) is 2.56. The molecule has 0 fully saturated rings. The number of hydrogen-bond donors (Lipinski definition) is 0. The molecule has 1 aliphatic heterocycles. The van der Waals surface area contributed by atoms with E-state index < -0.39 is 0 Å². The van der Waals surface area contributed by atoms with Gasteiger partial charge in [-0.3, -0.25) is 4.99 Å².